The van der Waals surface area contributed by atoms with Gasteiger partial charge in [-0.05, 0) is 19.0 Å². The number of benzene rings is 1. The lowest BCUT2D eigenvalue weighted by Gasteiger charge is -2.31. The molecule has 0 bridgehead atoms. The second kappa shape index (κ2) is 4.61. The Morgan fingerprint density at radius 1 is 1.18 bits per heavy atom. The predicted octanol–water partition coefficient (Wildman–Crippen LogP) is 1.32. The number of halogens is 2. The van der Waals surface area contributed by atoms with Gasteiger partial charge in [0.25, 0.3) is 5.92 Å². The van der Waals surface area contributed by atoms with Gasteiger partial charge in [-0.1, -0.05) is 18.2 Å². The first kappa shape index (κ1) is 13.4. The third-order valence-electron chi connectivity index (χ3n) is 4.09. The molecule has 7 heteroatoms. The Morgan fingerprint density at radius 3 is 2.77 bits per heavy atom. The van der Waals surface area contributed by atoms with E-state index >= 15 is 0 Å². The zero-order valence-corrected chi connectivity index (χ0v) is 11.5. The van der Waals surface area contributed by atoms with Gasteiger partial charge in [0.2, 0.25) is 0 Å². The number of aromatic nitrogens is 1. The average Bonchev–Trinajstić information content (AvgIpc) is 2.88. The van der Waals surface area contributed by atoms with E-state index in [4.69, 9.17) is 0 Å². The molecule has 112 valence electrons. The topological polar surface area (TPSA) is 66.7 Å². The van der Waals surface area contributed by atoms with Gasteiger partial charge in [0.1, 0.15) is 10.7 Å². The van der Waals surface area contributed by atoms with Gasteiger partial charge >= 0.3 is 6.03 Å². The van der Waals surface area contributed by atoms with Gasteiger partial charge in [-0.15, -0.1) is 0 Å². The molecule has 2 aliphatic rings. The molecule has 22 heavy (non-hydrogen) atoms. The van der Waals surface area contributed by atoms with E-state index in [2.05, 4.69) is 20.3 Å². The normalized spacial score (nSPS) is 23.0. The highest BCUT2D eigenvalue weighted by Crippen LogP contribution is 2.35. The fourth-order valence-corrected chi connectivity index (χ4v) is 3.06. The summed E-state index contributed by atoms with van der Waals surface area (Å²) in [7, 11) is 0. The molecule has 4 rings (SSSR count). The Hall–Kier alpha value is -2.28. The van der Waals surface area contributed by atoms with E-state index in [0.29, 0.717) is 22.8 Å². The van der Waals surface area contributed by atoms with Crippen LogP contribution < -0.4 is 16.0 Å². The van der Waals surface area contributed by atoms with E-state index in [1.54, 1.807) is 24.3 Å². The SMILES string of the molecule is O=C1N=c2c(C3CCNCC3(F)F)nc3ccccc3c2=N1. The lowest BCUT2D eigenvalue weighted by Crippen LogP contribution is -2.47. The molecule has 0 radical (unpaired) electrons. The van der Waals surface area contributed by atoms with Gasteiger partial charge < -0.3 is 5.32 Å². The number of amides is 2. The van der Waals surface area contributed by atoms with Gasteiger partial charge in [-0.3, -0.25) is 0 Å². The first-order valence-corrected chi connectivity index (χ1v) is 7.05. The van der Waals surface area contributed by atoms with Crippen LogP contribution in [0.2, 0.25) is 0 Å². The molecule has 0 spiro atoms. The quantitative estimate of drug-likeness (QED) is 0.864. The number of nitrogens with one attached hydrogen (secondary N) is 1. The van der Waals surface area contributed by atoms with Crippen molar-refractivity contribution in [1.29, 1.82) is 0 Å². The number of para-hydroxylation sites is 1. The number of fused-ring (bicyclic) bond motifs is 3. The minimum absolute atomic E-state index is 0.176. The van der Waals surface area contributed by atoms with Gasteiger partial charge in [0.05, 0.1) is 23.7 Å². The molecule has 1 atom stereocenters. The monoisotopic (exact) mass is 302 g/mol. The highest BCUT2D eigenvalue weighted by Gasteiger charge is 2.44. The highest BCUT2D eigenvalue weighted by molar-refractivity contribution is 5.84. The first-order chi connectivity index (χ1) is 10.6. The number of urea groups is 1. The molecule has 1 unspecified atom stereocenters. The fraction of sp³-hybridized carbons (Fsp3) is 0.333. The summed E-state index contributed by atoms with van der Waals surface area (Å²) in [5.74, 6) is -3.99. The summed E-state index contributed by atoms with van der Waals surface area (Å²) in [6.07, 6.45) is 0.245. The standard InChI is InChI=1S/C15H12F2N4O/c16-15(17)7-18-6-5-9(15)12-13-11(20-14(22)21-13)8-3-1-2-4-10(8)19-12/h1-4,9,18H,5-7H2. The van der Waals surface area contributed by atoms with E-state index in [9.17, 15) is 13.6 Å². The van der Waals surface area contributed by atoms with E-state index in [-0.39, 0.29) is 17.5 Å². The number of hydrogen-bond acceptors (Lipinski definition) is 3. The molecule has 0 saturated carbocycles. The first-order valence-electron chi connectivity index (χ1n) is 7.05. The molecule has 5 nitrogen and oxygen atoms in total. The van der Waals surface area contributed by atoms with Crippen molar-refractivity contribution in [1.82, 2.24) is 10.3 Å². The molecular weight excluding hydrogens is 290 g/mol. The maximum absolute atomic E-state index is 14.3. The second-order valence-corrected chi connectivity index (χ2v) is 5.50. The Kier molecular flexibility index (Phi) is 2.80. The molecular formula is C15H12F2N4O. The smallest absolute Gasteiger partial charge is 0.311 e. The average molecular weight is 302 g/mol. The van der Waals surface area contributed by atoms with Crippen LogP contribution >= 0.6 is 0 Å². The maximum atomic E-state index is 14.3. The number of piperidine rings is 1. The van der Waals surface area contributed by atoms with Crippen molar-refractivity contribution in [2.45, 2.75) is 18.3 Å². The summed E-state index contributed by atoms with van der Waals surface area (Å²) < 4.78 is 28.5. The van der Waals surface area contributed by atoms with Crippen molar-refractivity contribution in [3.05, 3.63) is 40.7 Å². The Labute approximate surface area is 123 Å². The Balaban J connectivity index is 2.05. The fourth-order valence-electron chi connectivity index (χ4n) is 3.06. The Bertz CT molecular complexity index is 910. The Morgan fingerprint density at radius 2 is 1.95 bits per heavy atom. The second-order valence-electron chi connectivity index (χ2n) is 5.50. The van der Waals surface area contributed by atoms with Crippen LogP contribution in [-0.2, 0) is 0 Å². The number of rotatable bonds is 1. The van der Waals surface area contributed by atoms with Crippen molar-refractivity contribution in [2.75, 3.05) is 13.1 Å². The molecule has 1 aromatic heterocycles. The third-order valence-corrected chi connectivity index (χ3v) is 4.09. The zero-order valence-electron chi connectivity index (χ0n) is 11.5. The summed E-state index contributed by atoms with van der Waals surface area (Å²) in [5, 5.41) is 3.91. The molecule has 1 aromatic carbocycles. The number of alkyl halides is 2. The summed E-state index contributed by atoms with van der Waals surface area (Å²) in [6, 6.07) is 6.41. The van der Waals surface area contributed by atoms with Gasteiger partial charge in [-0.2, -0.15) is 9.98 Å². The molecule has 1 N–H and O–H groups in total. The molecule has 3 heterocycles. The lowest BCUT2D eigenvalue weighted by molar-refractivity contribution is -0.0435. The summed E-state index contributed by atoms with van der Waals surface area (Å²) in [4.78, 5) is 23.7. The summed E-state index contributed by atoms with van der Waals surface area (Å²) in [5.41, 5.74) is 0.731. The number of pyridine rings is 1. The molecule has 0 aliphatic carbocycles. The molecule has 2 aromatic rings. The van der Waals surface area contributed by atoms with E-state index in [1.165, 1.54) is 0 Å². The summed E-state index contributed by atoms with van der Waals surface area (Å²) in [6.45, 7) is 0.0840. The summed E-state index contributed by atoms with van der Waals surface area (Å²) >= 11 is 0. The van der Waals surface area contributed by atoms with Gasteiger partial charge in [-0.25, -0.2) is 18.6 Å². The van der Waals surface area contributed by atoms with Crippen LogP contribution in [0.5, 0.6) is 0 Å². The van der Waals surface area contributed by atoms with Gasteiger partial charge in [0, 0.05) is 5.39 Å². The van der Waals surface area contributed by atoms with Crippen molar-refractivity contribution in [2.24, 2.45) is 9.98 Å². The largest absolute Gasteiger partial charge is 0.368 e. The maximum Gasteiger partial charge on any atom is 0.368 e. The number of hydrogen-bond donors (Lipinski definition) is 1. The van der Waals surface area contributed by atoms with E-state index in [1.807, 2.05) is 0 Å². The van der Waals surface area contributed by atoms with E-state index < -0.39 is 24.4 Å². The van der Waals surface area contributed by atoms with Crippen LogP contribution in [0, 0.1) is 0 Å². The number of carbonyl (C=O) groups is 1. The number of nitrogens with zero attached hydrogens (tertiary/aromatic N) is 3. The predicted molar refractivity (Wildman–Crippen MR) is 74.6 cm³/mol. The van der Waals surface area contributed by atoms with Gasteiger partial charge in [0.15, 0.2) is 0 Å². The van der Waals surface area contributed by atoms with Crippen molar-refractivity contribution in [3.8, 4) is 0 Å². The minimum Gasteiger partial charge on any atom is -0.311 e. The van der Waals surface area contributed by atoms with Crippen LogP contribution in [-0.4, -0.2) is 30.0 Å². The molecule has 2 amide bonds. The van der Waals surface area contributed by atoms with Crippen molar-refractivity contribution in [3.63, 3.8) is 0 Å². The van der Waals surface area contributed by atoms with Crippen LogP contribution in [0.3, 0.4) is 0 Å². The van der Waals surface area contributed by atoms with E-state index in [0.717, 1.165) is 0 Å². The lowest BCUT2D eigenvalue weighted by atomic mass is 9.89. The van der Waals surface area contributed by atoms with Crippen molar-refractivity contribution >= 4 is 16.9 Å². The molecule has 2 aliphatic heterocycles. The molecule has 1 saturated heterocycles. The van der Waals surface area contributed by atoms with Crippen LogP contribution in [0.4, 0.5) is 13.6 Å². The highest BCUT2D eigenvalue weighted by atomic mass is 19.3. The van der Waals surface area contributed by atoms with Crippen LogP contribution in [0.1, 0.15) is 18.0 Å². The molecule has 1 fully saturated rings. The third kappa shape index (κ3) is 1.93. The number of carbonyl (C=O) groups excluding carboxylic acids is 1. The van der Waals surface area contributed by atoms with Crippen LogP contribution in [0.15, 0.2) is 34.3 Å². The van der Waals surface area contributed by atoms with Crippen LogP contribution in [0.25, 0.3) is 10.9 Å². The zero-order chi connectivity index (χ0) is 15.3. The van der Waals surface area contributed by atoms with Crippen molar-refractivity contribution < 1.29 is 13.6 Å². The minimum atomic E-state index is -2.93.